The lowest BCUT2D eigenvalue weighted by molar-refractivity contribution is -0.270. The molecule has 5 unspecified atom stereocenters. The Morgan fingerprint density at radius 3 is 1.86 bits per heavy atom. The summed E-state index contributed by atoms with van der Waals surface area (Å²) in [5, 5.41) is 115. The quantitative estimate of drug-likeness (QED) is 0.0432. The Bertz CT molecular complexity index is 4530. The Morgan fingerprint density at radius 1 is 0.682 bits per heavy atom. The molecule has 4 saturated carbocycles. The van der Waals surface area contributed by atoms with Gasteiger partial charge in [0.25, 0.3) is 0 Å². The monoisotopic (exact) mass is 1560 g/mol. The maximum absolute atomic E-state index is 16.2. The van der Waals surface area contributed by atoms with Gasteiger partial charge in [-0.3, -0.25) is 43.3 Å². The van der Waals surface area contributed by atoms with Gasteiger partial charge in [0.05, 0.1) is 29.1 Å². The van der Waals surface area contributed by atoms with E-state index >= 15 is 28.8 Å². The fraction of sp³-hybridized carbons (Fsp3) is 0.473. The first-order valence-corrected chi connectivity index (χ1v) is 36.4. The van der Waals surface area contributed by atoms with Gasteiger partial charge in [0.2, 0.25) is 59.3 Å². The van der Waals surface area contributed by atoms with E-state index in [1.165, 1.54) is 19.2 Å². The minimum absolute atomic E-state index is 0.0538. The van der Waals surface area contributed by atoms with Crippen LogP contribution in [0.15, 0.2) is 84.0 Å². The number of carbonyl (C=O) groups is 9. The first-order valence-electron chi connectivity index (χ1n) is 35.6. The normalized spacial score (nSPS) is 28.7. The van der Waals surface area contributed by atoms with Crippen LogP contribution in [0.25, 0.3) is 21.6 Å². The fourth-order valence-electron chi connectivity index (χ4n) is 15.8. The highest BCUT2D eigenvalue weighted by atomic mass is 35.5. The van der Waals surface area contributed by atoms with Crippen molar-refractivity contribution in [1.82, 2.24) is 42.1 Å². The molecule has 0 aromatic heterocycles. The Balaban J connectivity index is 1.05. The van der Waals surface area contributed by atoms with Crippen molar-refractivity contribution < 1.29 is 108 Å². The molecule has 17 N–H and O–H groups in total. The molecule has 10 aliphatic rings. The number of primary amides is 1. The Kier molecular flexibility index (Phi) is 22.9. The van der Waals surface area contributed by atoms with Gasteiger partial charge in [0.1, 0.15) is 107 Å². The Labute approximate surface area is 638 Å². The highest BCUT2D eigenvalue weighted by molar-refractivity contribution is 6.32. The minimum Gasteiger partial charge on any atom is -0.508 e. The van der Waals surface area contributed by atoms with E-state index in [0.29, 0.717) is 11.8 Å². The van der Waals surface area contributed by atoms with Crippen LogP contribution in [-0.2, 0) is 47.8 Å². The number of amides is 9. The van der Waals surface area contributed by atoms with Crippen molar-refractivity contribution in [3.05, 3.63) is 127 Å². The van der Waals surface area contributed by atoms with E-state index in [0.717, 1.165) is 104 Å². The molecule has 5 aromatic carbocycles. The number of nitrogens with zero attached hydrogens (tertiary/aromatic N) is 4. The van der Waals surface area contributed by atoms with Crippen LogP contribution < -0.4 is 57.2 Å². The first kappa shape index (κ1) is 79.1. The molecule has 15 bridgehead atoms. The predicted molar refractivity (Wildman–Crippen MR) is 386 cm³/mol. The number of halogens is 2. The molecule has 0 spiro atoms. The molecule has 0 radical (unpaired) electrons. The number of hydrogen-bond donors (Lipinski definition) is 16. The number of aliphatic hydroxyl groups is 5. The van der Waals surface area contributed by atoms with E-state index in [-0.39, 0.29) is 75.1 Å². The van der Waals surface area contributed by atoms with E-state index in [2.05, 4.69) is 47.2 Å². The van der Waals surface area contributed by atoms with Gasteiger partial charge in [-0.1, -0.05) is 60.4 Å². The van der Waals surface area contributed by atoms with Crippen molar-refractivity contribution >= 4 is 76.6 Å². The zero-order valence-corrected chi connectivity index (χ0v) is 61.6. The predicted octanol–water partition coefficient (Wildman–Crippen LogP) is 4.69. The van der Waals surface area contributed by atoms with Crippen molar-refractivity contribution in [3.8, 4) is 57.1 Å². The number of carbonyl (C=O) groups excluding carboxylic acids is 9. The Hall–Kier alpha value is -10.4. The summed E-state index contributed by atoms with van der Waals surface area (Å²) in [7, 11) is 1.27. The van der Waals surface area contributed by atoms with Crippen molar-refractivity contribution in [2.45, 2.75) is 176 Å². The van der Waals surface area contributed by atoms with E-state index in [1.54, 1.807) is 34.6 Å². The molecular formula is C74H84Cl2N12O22. The molecule has 5 fully saturated rings. The number of ether oxygens (including phenoxy) is 5. The molecule has 586 valence electrons. The van der Waals surface area contributed by atoms with Crippen LogP contribution in [0.3, 0.4) is 0 Å². The molecule has 110 heavy (non-hydrogen) atoms. The second-order valence-corrected chi connectivity index (χ2v) is 31.1. The van der Waals surface area contributed by atoms with Crippen molar-refractivity contribution in [3.63, 3.8) is 0 Å². The van der Waals surface area contributed by atoms with Crippen LogP contribution in [0.5, 0.6) is 46.0 Å². The molecule has 4 aliphatic carbocycles. The van der Waals surface area contributed by atoms with Gasteiger partial charge >= 0.3 is 6.09 Å². The molecule has 5 aromatic rings. The first-order chi connectivity index (χ1) is 52.0. The lowest BCUT2D eigenvalue weighted by atomic mass is 9.54. The number of phenols is 3. The van der Waals surface area contributed by atoms with Crippen LogP contribution in [0.4, 0.5) is 4.79 Å². The summed E-state index contributed by atoms with van der Waals surface area (Å²) in [5.41, 5.74) is 11.8. The number of phenolic OH excluding ortho intramolecular Hbond substituents is 3. The van der Waals surface area contributed by atoms with Crippen LogP contribution in [0.2, 0.25) is 10.0 Å². The van der Waals surface area contributed by atoms with E-state index in [9.17, 15) is 60.8 Å². The fourth-order valence-corrected chi connectivity index (χ4v) is 16.2. The lowest BCUT2D eigenvalue weighted by Crippen LogP contribution is -2.60. The van der Waals surface area contributed by atoms with E-state index in [1.807, 2.05) is 0 Å². The number of rotatable bonds is 13. The number of hydrogen-bond acceptors (Lipinski definition) is 23. The molecular weight excluding hydrogens is 1480 g/mol. The highest BCUT2D eigenvalue weighted by Crippen LogP contribution is 2.55. The maximum atomic E-state index is 16.2. The number of benzene rings is 5. The molecule has 6 heterocycles. The summed E-state index contributed by atoms with van der Waals surface area (Å²) in [4.78, 5) is 139. The van der Waals surface area contributed by atoms with E-state index < -0.39 is 207 Å². The smallest absolute Gasteiger partial charge is 0.410 e. The molecule has 9 amide bonds. The van der Waals surface area contributed by atoms with Crippen LogP contribution in [-0.4, -0.2) is 179 Å². The number of aromatic hydroxyl groups is 3. The number of likely N-dealkylation sites (N-methyl/N-ethyl adjacent to an activating group) is 1. The standard InChI is InChI=1S/C74H84Cl2N12O22/c1-28(2)13-43(88(6)73(105)110-74(3,4)5)66(99)85-57-59(93)32-8-11-46(40(75)20-32)106-48-22-36-23-49(64(48)109-72-63(97)62(96)61(95)50(108-72)27-79-87-78)107-47-12-9-33(21-41(47)76)60(94)58-71(104)84-56(69(102)81-53-34-15-29-14-30(17-34)18-35(53)16-29)39-24-37(89)25-45(91)52(39)38-19-31(7-10-44(38)90)54(67(100)86-58)83-68(101)55(36)82-65(98)42(26-51(77)92)80-70(57)103/h7-12,19-25,28-30,34-35,42-43,50,53-63,72,89-91,93-97H,13-18,26-27H2,1-6H3,(H2,77,92)(H,80,103)(H,81,102)(H,82,98)(H,83,101)(H,84,104)(H,85,99)(H,86,100)/t29?,30?,34?,35?,42-,43+,50?,53?,54+,55+,56-,57+,58+,59+,60+,61?,62?,63?,72?/m0/s1. The zero-order chi connectivity index (χ0) is 79.4. The molecule has 6 aliphatic heterocycles. The minimum atomic E-state index is -2.36. The number of nitrogens with two attached hydrogens (primary N) is 1. The topological polar surface area (TPSA) is 524 Å². The van der Waals surface area contributed by atoms with Crippen molar-refractivity contribution in [2.75, 3.05) is 13.6 Å². The van der Waals surface area contributed by atoms with Crippen LogP contribution in [0, 0.1) is 29.6 Å². The average Bonchev–Trinajstić information content (AvgIpc) is 0.763. The Morgan fingerprint density at radius 2 is 1.27 bits per heavy atom. The van der Waals surface area contributed by atoms with Gasteiger partial charge in [-0.2, -0.15) is 0 Å². The summed E-state index contributed by atoms with van der Waals surface area (Å²) < 4.78 is 31.0. The van der Waals surface area contributed by atoms with Crippen molar-refractivity contribution in [2.24, 2.45) is 40.4 Å². The summed E-state index contributed by atoms with van der Waals surface area (Å²) in [6, 6.07) is -0.621. The van der Waals surface area contributed by atoms with Gasteiger partial charge in [-0.25, -0.2) is 4.79 Å². The third-order valence-corrected chi connectivity index (χ3v) is 21.5. The third-order valence-electron chi connectivity index (χ3n) is 20.9. The highest BCUT2D eigenvalue weighted by Gasteiger charge is 2.51. The number of azide groups is 1. The second-order valence-electron chi connectivity index (χ2n) is 30.3. The van der Waals surface area contributed by atoms with E-state index in [4.69, 9.17) is 52.6 Å². The molecule has 14 atom stereocenters. The second kappa shape index (κ2) is 31.9. The summed E-state index contributed by atoms with van der Waals surface area (Å²) in [6.07, 6.45) is -12.0. The summed E-state index contributed by atoms with van der Waals surface area (Å²) in [6.45, 7) is 7.59. The lowest BCUT2D eigenvalue weighted by Gasteiger charge is -2.54. The number of aliphatic hydroxyl groups excluding tert-OH is 5. The molecule has 36 heteroatoms. The molecule has 15 rings (SSSR count). The maximum Gasteiger partial charge on any atom is 0.410 e. The van der Waals surface area contributed by atoms with Gasteiger partial charge in [-0.15, -0.1) is 0 Å². The average molecular weight is 1560 g/mol. The van der Waals surface area contributed by atoms with Gasteiger partial charge < -0.3 is 107 Å². The number of nitrogens with one attached hydrogen (secondary N) is 7. The zero-order valence-electron chi connectivity index (χ0n) is 60.1. The van der Waals surface area contributed by atoms with Crippen LogP contribution >= 0.6 is 23.2 Å². The summed E-state index contributed by atoms with van der Waals surface area (Å²) >= 11 is 14.2. The SMILES string of the molecule is CC(C)C[C@H](C(=O)N[C@H]1C(=O)N[C@@H](CC(N)=O)C(=O)N[C@H]2C(=O)N[C@H]3C(=O)N[C@@H](C(=O)N[C@H](C(=O)NC4C5CC6CC(C5)CC4C6)c4cc(O)cc(O)c4-c4cc3ccc4O)[C@H](O)c3ccc(c(Cl)c3)Oc3cc2cc(c3OC2OC(CN=[N+]=[N-])C(O)C(O)C2O)Oc2ccc(cc2Cl)[C@H]1O)N(C)C(=O)OC(C)(C)C. The summed E-state index contributed by atoms with van der Waals surface area (Å²) in [5.74, 6) is -14.0. The van der Waals surface area contributed by atoms with Gasteiger partial charge in [-0.05, 0) is 177 Å². The van der Waals surface area contributed by atoms with Crippen molar-refractivity contribution in [1.29, 1.82) is 0 Å². The number of fused-ring (bicyclic) bond motifs is 15. The largest absolute Gasteiger partial charge is 0.508 e. The van der Waals surface area contributed by atoms with Gasteiger partial charge in [0.15, 0.2) is 11.5 Å². The molecule has 34 nitrogen and oxygen atoms in total. The molecule has 1 saturated heterocycles. The third kappa shape index (κ3) is 16.7. The van der Waals surface area contributed by atoms with Crippen LogP contribution in [0.1, 0.15) is 138 Å². The van der Waals surface area contributed by atoms with Gasteiger partial charge in [0, 0.05) is 35.2 Å².